The summed E-state index contributed by atoms with van der Waals surface area (Å²) in [6.45, 7) is 0.144. The normalized spacial score (nSPS) is 12.4. The molecule has 0 fully saturated rings. The van der Waals surface area contributed by atoms with E-state index in [9.17, 15) is 68.1 Å². The molecular formula is C53H59N17O14S2. The van der Waals surface area contributed by atoms with Gasteiger partial charge in [-0.1, -0.05) is 21.6 Å². The summed E-state index contributed by atoms with van der Waals surface area (Å²) in [4.78, 5) is 156. The summed E-state index contributed by atoms with van der Waals surface area (Å²) in [6.07, 6.45) is 2.59. The number of fused-ring (bicyclic) bond motifs is 2. The summed E-state index contributed by atoms with van der Waals surface area (Å²) in [5, 5.41) is 58.0. The first-order valence-electron chi connectivity index (χ1n) is 25.9. The number of nitrogens with two attached hydrogens (primary N) is 3. The molecule has 0 radical (unpaired) electrons. The van der Waals surface area contributed by atoms with Crippen molar-refractivity contribution in [3.05, 3.63) is 112 Å². The van der Waals surface area contributed by atoms with Crippen molar-refractivity contribution in [3.63, 3.8) is 0 Å². The number of nitrogens with zero attached hydrogens (tertiary/aromatic N) is 3. The number of carboxylic acid groups (broad SMARTS) is 3. The molecule has 0 aliphatic carbocycles. The first kappa shape index (κ1) is 64.6. The predicted molar refractivity (Wildman–Crippen MR) is 319 cm³/mol. The Kier molecular flexibility index (Phi) is 23.4. The number of aliphatic carboxylic acids is 3. The maximum atomic E-state index is 13.7. The molecular weight excluding hydrogens is 1160 g/mol. The fourth-order valence-corrected chi connectivity index (χ4v) is 10.1. The molecule has 4 atom stereocenters. The number of aromatic amines is 2. The zero-order valence-corrected chi connectivity index (χ0v) is 46.9. The Morgan fingerprint density at radius 3 is 2.14 bits per heavy atom. The minimum Gasteiger partial charge on any atom is -0.481 e. The maximum absolute atomic E-state index is 13.7. The van der Waals surface area contributed by atoms with Gasteiger partial charge in [-0.25, -0.2) is 19.6 Å². The van der Waals surface area contributed by atoms with Crippen LogP contribution in [0.5, 0.6) is 0 Å². The van der Waals surface area contributed by atoms with Crippen molar-refractivity contribution in [3.8, 4) is 0 Å². The standard InChI is InChI=1S/C53H59N17O14S2/c54-34-10-8-30(18-27(34)5-13-40(72)62-31-9-11-35-28(19-31)20-32(24-71)61-35)63-42(74)15-17-85-86-25-39(51(83)84)68-48(79)38(21-43(75)76)67-47(78)36(2-1-16-58-52(55)56)65-41(73)14-12-37(50(81)82)66-46(77)26-3-6-29(7-4-26)59-22-33-23-60-45-44(64-33)49(80)70-53(57)69-45/h3-11,13,18-20,23-24,36-39,59,61H,1-2,12,14-17,21-22,25,54H2,(H,62,72)(H,63,74)(H,65,73)(H,66,77)(H,67,78)(H,68,79)(H,75,76)(H,81,82)(H,83,84)(H4,55,56,58)(H3,57,60,69,70,80)/b13-5+/t36-,37-,38-,39-/m0/s1. The van der Waals surface area contributed by atoms with Crippen LogP contribution in [0.15, 0.2) is 83.8 Å². The molecule has 0 saturated carbocycles. The number of nitrogen functional groups attached to an aromatic ring is 2. The molecule has 3 heterocycles. The van der Waals surface area contributed by atoms with E-state index in [-0.39, 0.29) is 66.5 Å². The van der Waals surface area contributed by atoms with Gasteiger partial charge in [0.2, 0.25) is 35.5 Å². The number of carbonyl (C=O) groups excluding carboxylic acids is 7. The lowest BCUT2D eigenvalue weighted by molar-refractivity contribution is -0.143. The lowest BCUT2D eigenvalue weighted by Crippen LogP contribution is -2.56. The van der Waals surface area contributed by atoms with Crippen molar-refractivity contribution in [1.82, 2.24) is 51.5 Å². The molecule has 6 amide bonds. The van der Waals surface area contributed by atoms with Crippen LogP contribution in [0.1, 0.15) is 70.6 Å². The highest BCUT2D eigenvalue weighted by atomic mass is 33.1. The number of anilines is 5. The second kappa shape index (κ2) is 31.2. The third kappa shape index (κ3) is 20.1. The lowest BCUT2D eigenvalue weighted by Gasteiger charge is -2.24. The highest BCUT2D eigenvalue weighted by Crippen LogP contribution is 2.25. The van der Waals surface area contributed by atoms with Crippen molar-refractivity contribution in [2.45, 2.75) is 69.2 Å². The molecule has 33 heteroatoms. The highest BCUT2D eigenvalue weighted by molar-refractivity contribution is 8.76. The molecule has 0 saturated heterocycles. The number of hydrogen-bond donors (Lipinski definition) is 17. The first-order chi connectivity index (χ1) is 41.0. The van der Waals surface area contributed by atoms with Gasteiger partial charge in [-0.3, -0.25) is 53.5 Å². The van der Waals surface area contributed by atoms with E-state index in [1.54, 1.807) is 36.4 Å². The molecule has 31 nitrogen and oxygen atoms in total. The monoisotopic (exact) mass is 1220 g/mol. The number of nitrogens with one attached hydrogen (secondary N) is 11. The van der Waals surface area contributed by atoms with E-state index < -0.39 is 108 Å². The van der Waals surface area contributed by atoms with Crippen LogP contribution < -0.4 is 65.3 Å². The van der Waals surface area contributed by atoms with Crippen molar-refractivity contribution in [2.75, 3.05) is 45.5 Å². The Morgan fingerprint density at radius 2 is 1.43 bits per heavy atom. The minimum absolute atomic E-state index is 0.0201. The molecule has 0 spiro atoms. The summed E-state index contributed by atoms with van der Waals surface area (Å²) in [5.41, 5.74) is 20.1. The van der Waals surface area contributed by atoms with E-state index in [1.807, 2.05) is 0 Å². The van der Waals surface area contributed by atoms with Gasteiger partial charge in [0.05, 0.1) is 30.6 Å². The molecule has 86 heavy (non-hydrogen) atoms. The lowest BCUT2D eigenvalue weighted by atomic mass is 10.1. The Hall–Kier alpha value is -10.6. The molecule has 0 aliphatic rings. The molecule has 0 bridgehead atoms. The zero-order valence-electron chi connectivity index (χ0n) is 45.3. The van der Waals surface area contributed by atoms with Crippen LogP contribution in [-0.4, -0.2) is 148 Å². The van der Waals surface area contributed by atoms with E-state index in [0.717, 1.165) is 32.5 Å². The molecule has 3 aromatic heterocycles. The van der Waals surface area contributed by atoms with Gasteiger partial charge in [0, 0.05) is 76.2 Å². The molecule has 3 aromatic carbocycles. The number of rotatable bonds is 32. The van der Waals surface area contributed by atoms with Crippen LogP contribution in [0.25, 0.3) is 28.1 Å². The molecule has 452 valence electrons. The largest absolute Gasteiger partial charge is 0.481 e. The molecule has 6 aromatic rings. The van der Waals surface area contributed by atoms with E-state index in [0.29, 0.717) is 46.0 Å². The summed E-state index contributed by atoms with van der Waals surface area (Å²) < 4.78 is 0. The van der Waals surface area contributed by atoms with E-state index in [1.165, 1.54) is 48.7 Å². The second-order valence-corrected chi connectivity index (χ2v) is 21.3. The zero-order chi connectivity index (χ0) is 62.5. The molecule has 20 N–H and O–H groups in total. The average molecular weight is 1220 g/mol. The number of benzene rings is 3. The van der Waals surface area contributed by atoms with Gasteiger partial charge in [-0.05, 0) is 97.6 Å². The quantitative estimate of drug-likeness (QED) is 0.00534. The summed E-state index contributed by atoms with van der Waals surface area (Å²) in [5.74, 6) is -10.1. The number of hydrogen-bond acceptors (Lipinski definition) is 20. The Balaban J connectivity index is 0.960. The maximum Gasteiger partial charge on any atom is 0.327 e. The van der Waals surface area contributed by atoms with Crippen LogP contribution in [0.4, 0.5) is 28.7 Å². The predicted octanol–water partition coefficient (Wildman–Crippen LogP) is 1.09. The van der Waals surface area contributed by atoms with Gasteiger partial charge in [0.15, 0.2) is 23.4 Å². The first-order valence-corrected chi connectivity index (χ1v) is 28.3. The number of guanidine groups is 1. The van der Waals surface area contributed by atoms with Gasteiger partial charge in [0.1, 0.15) is 24.2 Å². The van der Waals surface area contributed by atoms with Gasteiger partial charge in [0.25, 0.3) is 11.5 Å². The second-order valence-electron chi connectivity index (χ2n) is 18.7. The highest BCUT2D eigenvalue weighted by Gasteiger charge is 2.32. The van der Waals surface area contributed by atoms with E-state index in [2.05, 4.69) is 67.5 Å². The Bertz CT molecular complexity index is 3640. The van der Waals surface area contributed by atoms with Crippen LogP contribution in [-0.2, 0) is 44.9 Å². The fourth-order valence-electron chi connectivity index (χ4n) is 7.91. The molecule has 0 aliphatic heterocycles. The third-order valence-corrected chi connectivity index (χ3v) is 14.6. The van der Waals surface area contributed by atoms with Crippen molar-refractivity contribution < 1.29 is 63.3 Å². The van der Waals surface area contributed by atoms with Gasteiger partial charge < -0.3 is 80.0 Å². The number of aldehydes is 1. The Labute approximate surface area is 494 Å². The summed E-state index contributed by atoms with van der Waals surface area (Å²) >= 11 is 0. The number of H-pyrrole nitrogens is 2. The van der Waals surface area contributed by atoms with Gasteiger partial charge >= 0.3 is 17.9 Å². The summed E-state index contributed by atoms with van der Waals surface area (Å²) in [6, 6.07) is 10.6. The SMILES string of the molecule is N=C(N)NCCC[C@H](NC(=O)CC[C@H](NC(=O)c1ccc(NCc2cnc3nc(N)[nH]c(=O)c3n2)cc1)C(=O)O)C(=O)N[C@@H](CC(=O)O)C(=O)N[C@@H](CSSCCC(=O)Nc1ccc(N)c(/C=C/C(=O)Nc2ccc3[nH]c(C=O)cc3c2)c1)C(=O)O. The van der Waals surface area contributed by atoms with Gasteiger partial charge in [-0.2, -0.15) is 4.98 Å². The van der Waals surface area contributed by atoms with Crippen LogP contribution in [0, 0.1) is 5.41 Å². The Morgan fingerprint density at radius 1 is 0.733 bits per heavy atom. The van der Waals surface area contributed by atoms with Gasteiger partial charge in [-0.15, -0.1) is 0 Å². The van der Waals surface area contributed by atoms with E-state index in [4.69, 9.17) is 22.6 Å². The van der Waals surface area contributed by atoms with E-state index >= 15 is 0 Å². The van der Waals surface area contributed by atoms with Crippen molar-refractivity contribution in [2.24, 2.45) is 5.73 Å². The van der Waals surface area contributed by atoms with Crippen LogP contribution >= 0.6 is 21.6 Å². The number of carbonyl (C=O) groups is 10. The number of aromatic nitrogens is 5. The summed E-state index contributed by atoms with van der Waals surface area (Å²) in [7, 11) is 2.07. The number of carboxylic acids is 3. The van der Waals surface area contributed by atoms with Crippen LogP contribution in [0.2, 0.25) is 0 Å². The fraction of sp³-hybridized carbons (Fsp3) is 0.264. The minimum atomic E-state index is -1.87. The average Bonchev–Trinajstić information content (AvgIpc) is 3.38. The molecule has 0 unspecified atom stereocenters. The number of amides is 6. The smallest absolute Gasteiger partial charge is 0.327 e. The van der Waals surface area contributed by atoms with Crippen LogP contribution in [0.3, 0.4) is 0 Å². The van der Waals surface area contributed by atoms with Crippen molar-refractivity contribution >= 4 is 144 Å². The molecule has 6 rings (SSSR count). The van der Waals surface area contributed by atoms with Crippen molar-refractivity contribution in [1.29, 1.82) is 5.41 Å². The third-order valence-electron chi connectivity index (χ3n) is 12.2. The topological polar surface area (TPSA) is 517 Å².